The lowest BCUT2D eigenvalue weighted by Gasteiger charge is -2.10. The fourth-order valence-electron chi connectivity index (χ4n) is 2.14. The van der Waals surface area contributed by atoms with Crippen LogP contribution in [-0.4, -0.2) is 29.0 Å². The van der Waals surface area contributed by atoms with Gasteiger partial charge in [0.25, 0.3) is 0 Å². The van der Waals surface area contributed by atoms with Gasteiger partial charge in [0, 0.05) is 12.6 Å². The minimum atomic E-state index is -3.67. The number of aryl methyl sites for hydroxylation is 2. The summed E-state index contributed by atoms with van der Waals surface area (Å²) in [4.78, 5) is 11.7. The average Bonchev–Trinajstić information content (AvgIpc) is 2.64. The summed E-state index contributed by atoms with van der Waals surface area (Å²) in [5, 5.41) is 4.37. The number of carbonyl (C=O) groups is 1. The van der Waals surface area contributed by atoms with Gasteiger partial charge in [-0.25, -0.2) is 4.79 Å². The van der Waals surface area contributed by atoms with Gasteiger partial charge in [-0.15, -0.1) is 0 Å². The number of esters is 1. The molecule has 0 spiro atoms. The van der Waals surface area contributed by atoms with Gasteiger partial charge in [0.05, 0.1) is 12.3 Å². The van der Waals surface area contributed by atoms with Gasteiger partial charge in [0.2, 0.25) is 0 Å². The van der Waals surface area contributed by atoms with E-state index in [1.54, 1.807) is 4.68 Å². The zero-order valence-electron chi connectivity index (χ0n) is 11.0. The fraction of sp³-hybridized carbons (Fsp3) is 0.667. The number of ether oxygens (including phenoxy) is 1. The number of carbonyl (C=O) groups excluding carboxylic acids is 1. The number of fused-ring (bicyclic) bond motifs is 1. The van der Waals surface area contributed by atoms with Crippen molar-refractivity contribution in [3.63, 3.8) is 0 Å². The summed E-state index contributed by atoms with van der Waals surface area (Å²) in [6.07, 6.45) is 4.26. The standard InChI is InChI=1S/C11H16N2O2.CHF3/c1-3-15-11(14)10-8-6-4-5-7-9(8)12-13(10)2;2-1(3)4/h3-7H2,1-2H3;1H. The summed E-state index contributed by atoms with van der Waals surface area (Å²) in [6, 6.07) is 0. The van der Waals surface area contributed by atoms with E-state index >= 15 is 0 Å². The number of nitrogens with zero attached hydrogens (tertiary/aromatic N) is 2. The lowest BCUT2D eigenvalue weighted by Crippen LogP contribution is -2.13. The molecule has 4 nitrogen and oxygen atoms in total. The van der Waals surface area contributed by atoms with E-state index in [0.29, 0.717) is 12.3 Å². The Labute approximate surface area is 109 Å². The third kappa shape index (κ3) is 4.25. The first kappa shape index (κ1) is 15.5. The van der Waals surface area contributed by atoms with Crippen molar-refractivity contribution in [1.29, 1.82) is 0 Å². The van der Waals surface area contributed by atoms with Crippen LogP contribution < -0.4 is 0 Å². The van der Waals surface area contributed by atoms with Gasteiger partial charge in [-0.2, -0.15) is 18.3 Å². The molecule has 7 heteroatoms. The van der Waals surface area contributed by atoms with E-state index in [4.69, 9.17) is 4.74 Å². The highest BCUT2D eigenvalue weighted by atomic mass is 19.4. The lowest BCUT2D eigenvalue weighted by atomic mass is 9.96. The lowest BCUT2D eigenvalue weighted by molar-refractivity contribution is 0.00817. The molecule has 1 aromatic rings. The van der Waals surface area contributed by atoms with Crippen molar-refractivity contribution in [3.05, 3.63) is 17.0 Å². The van der Waals surface area contributed by atoms with Gasteiger partial charge in [0.15, 0.2) is 0 Å². The molecule has 0 radical (unpaired) electrons. The Kier molecular flexibility index (Phi) is 5.85. The van der Waals surface area contributed by atoms with Crippen LogP contribution >= 0.6 is 0 Å². The van der Waals surface area contributed by atoms with E-state index in [1.165, 1.54) is 6.42 Å². The number of rotatable bonds is 2. The van der Waals surface area contributed by atoms with Crippen molar-refractivity contribution in [2.45, 2.75) is 39.3 Å². The Morgan fingerprint density at radius 1 is 1.37 bits per heavy atom. The first-order chi connectivity index (χ1) is 8.97. The molecule has 19 heavy (non-hydrogen) atoms. The van der Waals surface area contributed by atoms with Gasteiger partial charge in [-0.3, -0.25) is 4.68 Å². The maximum atomic E-state index is 11.7. The minimum absolute atomic E-state index is 0.240. The molecule has 0 aromatic carbocycles. The predicted molar refractivity (Wildman–Crippen MR) is 62.9 cm³/mol. The molecule has 1 aromatic heterocycles. The molecule has 0 unspecified atom stereocenters. The van der Waals surface area contributed by atoms with Crippen LogP contribution in [0.2, 0.25) is 0 Å². The number of halogens is 3. The van der Waals surface area contributed by atoms with Crippen LogP contribution in [0.3, 0.4) is 0 Å². The second kappa shape index (κ2) is 7.16. The van der Waals surface area contributed by atoms with Crippen LogP contribution in [0.4, 0.5) is 13.2 Å². The number of aromatic nitrogens is 2. The maximum absolute atomic E-state index is 11.7. The fourth-order valence-corrected chi connectivity index (χ4v) is 2.14. The van der Waals surface area contributed by atoms with Crippen molar-refractivity contribution in [3.8, 4) is 0 Å². The third-order valence-electron chi connectivity index (χ3n) is 2.79. The summed E-state index contributed by atoms with van der Waals surface area (Å²) in [5.41, 5.74) is 2.82. The van der Waals surface area contributed by atoms with Gasteiger partial charge < -0.3 is 4.74 Å². The first-order valence-corrected chi connectivity index (χ1v) is 6.11. The molecule has 0 saturated carbocycles. The van der Waals surface area contributed by atoms with Gasteiger partial charge >= 0.3 is 12.6 Å². The summed E-state index contributed by atoms with van der Waals surface area (Å²) in [5.74, 6) is -0.240. The molecule has 0 fully saturated rings. The molecule has 0 N–H and O–H groups in total. The zero-order valence-corrected chi connectivity index (χ0v) is 11.0. The van der Waals surface area contributed by atoms with E-state index in [1.807, 2.05) is 14.0 Å². The number of hydrogen-bond donors (Lipinski definition) is 0. The second-order valence-corrected chi connectivity index (χ2v) is 4.07. The third-order valence-corrected chi connectivity index (χ3v) is 2.79. The molecule has 1 aliphatic carbocycles. The molecule has 0 atom stereocenters. The summed E-state index contributed by atoms with van der Waals surface area (Å²) in [7, 11) is 1.81. The van der Waals surface area contributed by atoms with Crippen LogP contribution in [0, 0.1) is 0 Å². The molecular formula is C12H17F3N2O2. The molecule has 0 aliphatic heterocycles. The van der Waals surface area contributed by atoms with Crippen molar-refractivity contribution in [2.24, 2.45) is 7.05 Å². The van der Waals surface area contributed by atoms with Crippen LogP contribution in [0.15, 0.2) is 0 Å². The number of alkyl halides is 3. The van der Waals surface area contributed by atoms with E-state index < -0.39 is 6.68 Å². The van der Waals surface area contributed by atoms with Crippen molar-refractivity contribution in [1.82, 2.24) is 9.78 Å². The SMILES string of the molecule is CCOC(=O)c1c2c(nn1C)CCCC2.FC(F)F. The molecule has 0 amide bonds. The van der Waals surface area contributed by atoms with Gasteiger partial charge in [0.1, 0.15) is 5.69 Å². The van der Waals surface area contributed by atoms with Gasteiger partial charge in [-0.1, -0.05) is 0 Å². The molecule has 0 bridgehead atoms. The molecule has 0 saturated heterocycles. The molecule has 1 heterocycles. The average molecular weight is 278 g/mol. The quantitative estimate of drug-likeness (QED) is 0.781. The van der Waals surface area contributed by atoms with Crippen molar-refractivity contribution < 1.29 is 22.7 Å². The highest BCUT2D eigenvalue weighted by Gasteiger charge is 2.24. The highest BCUT2D eigenvalue weighted by molar-refractivity contribution is 5.89. The summed E-state index contributed by atoms with van der Waals surface area (Å²) in [6.45, 7) is -1.43. The topological polar surface area (TPSA) is 44.1 Å². The number of hydrogen-bond acceptors (Lipinski definition) is 3. The Balaban J connectivity index is 0.000000399. The smallest absolute Gasteiger partial charge is 0.379 e. The van der Waals surface area contributed by atoms with E-state index in [-0.39, 0.29) is 5.97 Å². The normalized spacial score (nSPS) is 13.6. The Morgan fingerprint density at radius 3 is 2.53 bits per heavy atom. The Bertz CT molecular complexity index is 430. The van der Waals surface area contributed by atoms with Crippen molar-refractivity contribution in [2.75, 3.05) is 6.61 Å². The summed E-state index contributed by atoms with van der Waals surface area (Å²) >= 11 is 0. The van der Waals surface area contributed by atoms with Crippen LogP contribution in [0.5, 0.6) is 0 Å². The molecule has 108 valence electrons. The molecule has 1 aliphatic rings. The first-order valence-electron chi connectivity index (χ1n) is 6.11. The molecular weight excluding hydrogens is 261 g/mol. The van der Waals surface area contributed by atoms with E-state index in [0.717, 1.165) is 30.5 Å². The maximum Gasteiger partial charge on any atom is 0.379 e. The highest BCUT2D eigenvalue weighted by Crippen LogP contribution is 2.23. The van der Waals surface area contributed by atoms with Crippen LogP contribution in [-0.2, 0) is 24.6 Å². The van der Waals surface area contributed by atoms with Crippen LogP contribution in [0.1, 0.15) is 41.5 Å². The largest absolute Gasteiger partial charge is 0.461 e. The second-order valence-electron chi connectivity index (χ2n) is 4.07. The van der Waals surface area contributed by atoms with E-state index in [2.05, 4.69) is 5.10 Å². The van der Waals surface area contributed by atoms with E-state index in [9.17, 15) is 18.0 Å². The Morgan fingerprint density at radius 2 is 1.95 bits per heavy atom. The monoisotopic (exact) mass is 278 g/mol. The summed E-state index contributed by atoms with van der Waals surface area (Å²) < 4.78 is 35.7. The van der Waals surface area contributed by atoms with Crippen molar-refractivity contribution >= 4 is 5.97 Å². The van der Waals surface area contributed by atoms with Crippen LogP contribution in [0.25, 0.3) is 0 Å². The van der Waals surface area contributed by atoms with Gasteiger partial charge in [-0.05, 0) is 32.6 Å². The zero-order chi connectivity index (χ0) is 14.4. The minimum Gasteiger partial charge on any atom is -0.461 e. The Hall–Kier alpha value is -1.53. The molecule has 2 rings (SSSR count). The predicted octanol–water partition coefficient (Wildman–Crippen LogP) is 2.65.